The van der Waals surface area contributed by atoms with E-state index in [0.29, 0.717) is 57.2 Å². The van der Waals surface area contributed by atoms with Crippen LogP contribution in [-0.2, 0) is 25.7 Å². The van der Waals surface area contributed by atoms with Gasteiger partial charge in [0.05, 0.1) is 24.6 Å². The van der Waals surface area contributed by atoms with Gasteiger partial charge in [-0.15, -0.1) is 0 Å². The van der Waals surface area contributed by atoms with E-state index in [4.69, 9.17) is 36.3 Å². The maximum absolute atomic E-state index is 12.9. The average molecular weight is 549 g/mol. The van der Waals surface area contributed by atoms with Crippen LogP contribution >= 0.6 is 27.5 Å². The first-order chi connectivity index (χ1) is 16.3. The van der Waals surface area contributed by atoms with Gasteiger partial charge in [0.1, 0.15) is 17.9 Å². The molecule has 0 aromatic heterocycles. The third kappa shape index (κ3) is 4.65. The molecule has 34 heavy (non-hydrogen) atoms. The maximum Gasteiger partial charge on any atom is 0.340 e. The number of nitrogens with two attached hydrogens (primary N) is 1. The fraction of sp³-hybridized carbons (Fsp3) is 0.280. The van der Waals surface area contributed by atoms with Crippen molar-refractivity contribution in [2.75, 3.05) is 14.2 Å². The van der Waals surface area contributed by atoms with E-state index in [1.165, 1.54) is 14.2 Å². The van der Waals surface area contributed by atoms with Gasteiger partial charge in [-0.3, -0.25) is 4.79 Å². The Morgan fingerprint density at radius 1 is 1.21 bits per heavy atom. The predicted octanol–water partition coefficient (Wildman–Crippen LogP) is 5.15. The van der Waals surface area contributed by atoms with Crippen molar-refractivity contribution in [1.82, 2.24) is 0 Å². The van der Waals surface area contributed by atoms with Gasteiger partial charge in [-0.2, -0.15) is 0 Å². The number of methoxy groups -OCH3 is 2. The van der Waals surface area contributed by atoms with E-state index in [0.717, 1.165) is 5.56 Å². The number of halogens is 2. The molecule has 0 bridgehead atoms. The van der Waals surface area contributed by atoms with Gasteiger partial charge >= 0.3 is 5.97 Å². The SMILES string of the molecule is COC(=O)C1=C(N)OC2=C(C(=O)CCC2)[C@H]1c1cc(Br)c(OCc2ccc(Cl)cc2)c(OC)c1. The summed E-state index contributed by atoms with van der Waals surface area (Å²) in [5.74, 6) is -0.163. The highest BCUT2D eigenvalue weighted by Crippen LogP contribution is 2.47. The zero-order chi connectivity index (χ0) is 24.4. The van der Waals surface area contributed by atoms with Crippen LogP contribution in [0.2, 0.25) is 5.02 Å². The molecule has 1 heterocycles. The molecule has 1 aliphatic heterocycles. The fourth-order valence-corrected chi connectivity index (χ4v) is 4.88. The van der Waals surface area contributed by atoms with Crippen LogP contribution in [0.1, 0.15) is 36.3 Å². The molecule has 0 saturated heterocycles. The first-order valence-corrected chi connectivity index (χ1v) is 11.8. The topological polar surface area (TPSA) is 97.1 Å². The predicted molar refractivity (Wildman–Crippen MR) is 129 cm³/mol. The largest absolute Gasteiger partial charge is 0.493 e. The third-order valence-corrected chi connectivity index (χ3v) is 6.61. The van der Waals surface area contributed by atoms with E-state index < -0.39 is 11.9 Å². The second-order valence-electron chi connectivity index (χ2n) is 7.87. The smallest absolute Gasteiger partial charge is 0.340 e. The molecular formula is C25H23BrClNO6. The number of esters is 1. The van der Waals surface area contributed by atoms with Crippen molar-refractivity contribution in [2.24, 2.45) is 5.73 Å². The molecule has 2 aromatic carbocycles. The lowest BCUT2D eigenvalue weighted by molar-refractivity contribution is -0.136. The minimum absolute atomic E-state index is 0.0662. The van der Waals surface area contributed by atoms with Crippen molar-refractivity contribution in [3.63, 3.8) is 0 Å². The molecule has 4 rings (SSSR count). The minimum atomic E-state index is -0.750. The Balaban J connectivity index is 1.76. The van der Waals surface area contributed by atoms with Crippen LogP contribution in [0.15, 0.2) is 63.7 Å². The van der Waals surface area contributed by atoms with Gasteiger partial charge in [-0.1, -0.05) is 23.7 Å². The zero-order valence-electron chi connectivity index (χ0n) is 18.7. The number of ketones is 1. The van der Waals surface area contributed by atoms with Gasteiger partial charge in [0.2, 0.25) is 5.88 Å². The molecule has 0 radical (unpaired) electrons. The normalized spacial score (nSPS) is 17.8. The Hall–Kier alpha value is -2.97. The van der Waals surface area contributed by atoms with Crippen LogP contribution in [0, 0.1) is 0 Å². The number of hydrogen-bond donors (Lipinski definition) is 1. The summed E-state index contributed by atoms with van der Waals surface area (Å²) in [5.41, 5.74) is 8.19. The second kappa shape index (κ2) is 10.1. The highest BCUT2D eigenvalue weighted by atomic mass is 79.9. The lowest BCUT2D eigenvalue weighted by Crippen LogP contribution is -2.31. The van der Waals surface area contributed by atoms with Crippen LogP contribution in [0.3, 0.4) is 0 Å². The molecule has 7 nitrogen and oxygen atoms in total. The van der Waals surface area contributed by atoms with Crippen molar-refractivity contribution in [3.8, 4) is 11.5 Å². The summed E-state index contributed by atoms with van der Waals surface area (Å²) in [4.78, 5) is 25.6. The van der Waals surface area contributed by atoms with Gasteiger partial charge in [0, 0.05) is 23.4 Å². The highest BCUT2D eigenvalue weighted by molar-refractivity contribution is 9.10. The molecule has 2 aromatic rings. The molecule has 2 aliphatic rings. The molecule has 1 atom stereocenters. The van der Waals surface area contributed by atoms with Gasteiger partial charge in [-0.05, 0) is 57.7 Å². The second-order valence-corrected chi connectivity index (χ2v) is 9.16. The average Bonchev–Trinajstić information content (AvgIpc) is 2.82. The van der Waals surface area contributed by atoms with Gasteiger partial charge in [0.15, 0.2) is 17.3 Å². The first-order valence-electron chi connectivity index (χ1n) is 10.6. The van der Waals surface area contributed by atoms with Gasteiger partial charge in [0.25, 0.3) is 0 Å². The van der Waals surface area contributed by atoms with E-state index in [9.17, 15) is 9.59 Å². The quantitative estimate of drug-likeness (QED) is 0.498. The summed E-state index contributed by atoms with van der Waals surface area (Å²) in [6.45, 7) is 0.288. The number of Topliss-reactive ketones (excluding diaryl/α,β-unsaturated/α-hetero) is 1. The molecule has 9 heteroatoms. The monoisotopic (exact) mass is 547 g/mol. The zero-order valence-corrected chi connectivity index (χ0v) is 21.0. The van der Waals surface area contributed by atoms with Crippen molar-refractivity contribution >= 4 is 39.3 Å². The van der Waals surface area contributed by atoms with Crippen LogP contribution < -0.4 is 15.2 Å². The van der Waals surface area contributed by atoms with E-state index in [-0.39, 0.29) is 23.8 Å². The van der Waals surface area contributed by atoms with Gasteiger partial charge in [-0.25, -0.2) is 4.79 Å². The molecular weight excluding hydrogens is 526 g/mol. The maximum atomic E-state index is 12.9. The standard InChI is InChI=1S/C25H23BrClNO6/c1-31-19-11-14(10-16(26)23(19)33-12-13-6-8-15(27)9-7-13)20-21-17(29)4-3-5-18(21)34-24(28)22(20)25(30)32-2/h6-11,20H,3-5,12,28H2,1-2H3/t20-/m1/s1. The molecule has 0 unspecified atom stereocenters. The Morgan fingerprint density at radius 2 is 1.94 bits per heavy atom. The van der Waals surface area contributed by atoms with Crippen LogP contribution in [0.5, 0.6) is 11.5 Å². The van der Waals surface area contributed by atoms with Gasteiger partial charge < -0.3 is 24.7 Å². The number of hydrogen-bond acceptors (Lipinski definition) is 7. The molecule has 2 N–H and O–H groups in total. The lowest BCUT2D eigenvalue weighted by atomic mass is 9.77. The third-order valence-electron chi connectivity index (χ3n) is 5.77. The number of benzene rings is 2. The Bertz CT molecular complexity index is 1200. The molecule has 1 aliphatic carbocycles. The van der Waals surface area contributed by atoms with Crippen LogP contribution in [0.4, 0.5) is 0 Å². The molecule has 0 spiro atoms. The molecule has 0 amide bonds. The van der Waals surface area contributed by atoms with Crippen molar-refractivity contribution in [1.29, 1.82) is 0 Å². The van der Waals surface area contributed by atoms with Crippen molar-refractivity contribution in [2.45, 2.75) is 31.8 Å². The summed E-state index contributed by atoms with van der Waals surface area (Å²) in [6, 6.07) is 10.9. The summed E-state index contributed by atoms with van der Waals surface area (Å²) in [7, 11) is 2.78. The Kier molecular flexibility index (Phi) is 7.19. The van der Waals surface area contributed by atoms with Crippen LogP contribution in [0.25, 0.3) is 0 Å². The highest BCUT2D eigenvalue weighted by Gasteiger charge is 2.41. The van der Waals surface area contributed by atoms with Crippen molar-refractivity contribution in [3.05, 3.63) is 79.8 Å². The minimum Gasteiger partial charge on any atom is -0.493 e. The Labute approximate surface area is 210 Å². The summed E-state index contributed by atoms with van der Waals surface area (Å²) in [5, 5.41) is 0.642. The van der Waals surface area contributed by atoms with E-state index >= 15 is 0 Å². The van der Waals surface area contributed by atoms with Crippen LogP contribution in [-0.4, -0.2) is 26.0 Å². The molecule has 0 saturated carbocycles. The van der Waals surface area contributed by atoms with Crippen molar-refractivity contribution < 1.29 is 28.5 Å². The summed E-state index contributed by atoms with van der Waals surface area (Å²) in [6.07, 6.45) is 1.59. The van der Waals surface area contributed by atoms with E-state index in [1.807, 2.05) is 12.1 Å². The number of rotatable bonds is 6. The van der Waals surface area contributed by atoms with E-state index in [2.05, 4.69) is 15.9 Å². The lowest BCUT2D eigenvalue weighted by Gasteiger charge is -2.32. The Morgan fingerprint density at radius 3 is 2.62 bits per heavy atom. The molecule has 178 valence electrons. The number of allylic oxidation sites excluding steroid dienone is 2. The summed E-state index contributed by atoms with van der Waals surface area (Å²) < 4.78 is 22.9. The number of ether oxygens (including phenoxy) is 4. The fourth-order valence-electron chi connectivity index (χ4n) is 4.18. The first kappa shape index (κ1) is 24.2. The number of carbonyl (C=O) groups excluding carboxylic acids is 2. The summed E-state index contributed by atoms with van der Waals surface area (Å²) >= 11 is 9.52. The molecule has 0 fully saturated rings. The number of carbonyl (C=O) groups is 2. The van der Waals surface area contributed by atoms with E-state index in [1.54, 1.807) is 24.3 Å².